The van der Waals surface area contributed by atoms with E-state index in [1.54, 1.807) is 38.3 Å². The molecule has 3 aromatic heterocycles. The first-order valence-electron chi connectivity index (χ1n) is 11.2. The smallest absolute Gasteiger partial charge is 0.328 e. The van der Waals surface area contributed by atoms with Crippen molar-refractivity contribution in [1.29, 1.82) is 0 Å². The molecule has 0 fully saturated rings. The summed E-state index contributed by atoms with van der Waals surface area (Å²) in [6, 6.07) is 3.69. The standard InChI is InChI=1S/C25H29N3O5S2/c1-15(2)18-13-34-20(26-18)8-6-16-10-11-28-19(12-16)27-23(17(24(28)32)7-9-21(29)30)35-14-22(31)33-25(3,4)5/h7,9-13,15H,6,8,14H2,1-5H3,(H,29,30). The minimum absolute atomic E-state index is 0.0598. The van der Waals surface area contributed by atoms with E-state index in [0.717, 1.165) is 46.9 Å². The van der Waals surface area contributed by atoms with E-state index in [0.29, 0.717) is 11.6 Å². The highest BCUT2D eigenvalue weighted by Gasteiger charge is 2.19. The largest absolute Gasteiger partial charge is 0.478 e. The van der Waals surface area contributed by atoms with E-state index in [-0.39, 0.29) is 16.3 Å². The summed E-state index contributed by atoms with van der Waals surface area (Å²) in [7, 11) is 0. The number of hydrogen-bond acceptors (Lipinski definition) is 8. The SMILES string of the molecule is CC(C)c1csc(CCc2ccn3c(=O)c(C=CC(=O)O)c(SCC(=O)OC(C)(C)C)nc3c2)n1. The lowest BCUT2D eigenvalue weighted by Gasteiger charge is -2.19. The Morgan fingerprint density at radius 2 is 2.00 bits per heavy atom. The van der Waals surface area contributed by atoms with E-state index < -0.39 is 23.1 Å². The predicted octanol–water partition coefficient (Wildman–Crippen LogP) is 4.59. The Balaban J connectivity index is 1.89. The number of aliphatic carboxylic acids is 1. The van der Waals surface area contributed by atoms with Crippen LogP contribution in [0.4, 0.5) is 0 Å². The fourth-order valence-electron chi connectivity index (χ4n) is 3.19. The average Bonchev–Trinajstić information content (AvgIpc) is 3.24. The molecule has 186 valence electrons. The number of rotatable bonds is 9. The molecule has 0 unspecified atom stereocenters. The van der Waals surface area contributed by atoms with Crippen LogP contribution < -0.4 is 5.56 Å². The zero-order chi connectivity index (χ0) is 25.8. The Hall–Kier alpha value is -2.98. The number of pyridine rings is 1. The van der Waals surface area contributed by atoms with Crippen LogP contribution in [0.15, 0.2) is 39.6 Å². The maximum atomic E-state index is 13.1. The van der Waals surface area contributed by atoms with Crippen LogP contribution >= 0.6 is 23.1 Å². The Kier molecular flexibility index (Phi) is 8.50. The Labute approximate surface area is 212 Å². The first kappa shape index (κ1) is 26.6. The predicted molar refractivity (Wildman–Crippen MR) is 138 cm³/mol. The fraction of sp³-hybridized carbons (Fsp3) is 0.400. The maximum Gasteiger partial charge on any atom is 0.328 e. The number of fused-ring (bicyclic) bond motifs is 1. The van der Waals surface area contributed by atoms with Gasteiger partial charge in [0.05, 0.1) is 22.0 Å². The van der Waals surface area contributed by atoms with Crippen LogP contribution in [0.5, 0.6) is 0 Å². The number of hydrogen-bond donors (Lipinski definition) is 1. The highest BCUT2D eigenvalue weighted by Crippen LogP contribution is 2.23. The molecule has 0 radical (unpaired) electrons. The van der Waals surface area contributed by atoms with Crippen molar-refractivity contribution in [2.45, 2.75) is 64.0 Å². The van der Waals surface area contributed by atoms with Gasteiger partial charge in [0.2, 0.25) is 0 Å². The first-order chi connectivity index (χ1) is 16.4. The number of thiazole rings is 1. The molecule has 3 aromatic rings. The molecule has 0 atom stereocenters. The van der Waals surface area contributed by atoms with Crippen molar-refractivity contribution < 1.29 is 19.4 Å². The van der Waals surface area contributed by atoms with E-state index in [4.69, 9.17) is 9.84 Å². The van der Waals surface area contributed by atoms with Crippen LogP contribution in [0.1, 0.15) is 62.4 Å². The van der Waals surface area contributed by atoms with Gasteiger partial charge in [-0.25, -0.2) is 14.8 Å². The summed E-state index contributed by atoms with van der Waals surface area (Å²) in [6.07, 6.45) is 5.25. The zero-order valence-electron chi connectivity index (χ0n) is 20.4. The summed E-state index contributed by atoms with van der Waals surface area (Å²) in [4.78, 5) is 45.6. The summed E-state index contributed by atoms with van der Waals surface area (Å²) in [6.45, 7) is 9.55. The van der Waals surface area contributed by atoms with Gasteiger partial charge in [0.1, 0.15) is 16.3 Å². The van der Waals surface area contributed by atoms with Gasteiger partial charge in [-0.2, -0.15) is 0 Å². The summed E-state index contributed by atoms with van der Waals surface area (Å²) in [5, 5.41) is 12.5. The number of nitrogens with zero attached hydrogens (tertiary/aromatic N) is 3. The lowest BCUT2D eigenvalue weighted by molar-refractivity contribution is -0.151. The van der Waals surface area contributed by atoms with Gasteiger partial charge in [-0.3, -0.25) is 14.0 Å². The Bertz CT molecular complexity index is 1320. The molecule has 3 rings (SSSR count). The van der Waals surface area contributed by atoms with Crippen molar-refractivity contribution >= 4 is 46.8 Å². The molecule has 10 heteroatoms. The van der Waals surface area contributed by atoms with Crippen molar-refractivity contribution in [2.24, 2.45) is 0 Å². The quantitative estimate of drug-likeness (QED) is 0.191. The van der Waals surface area contributed by atoms with Gasteiger partial charge in [-0.1, -0.05) is 25.6 Å². The topological polar surface area (TPSA) is 111 Å². The molecule has 1 N–H and O–H groups in total. The number of ether oxygens (including phenoxy) is 1. The van der Waals surface area contributed by atoms with Gasteiger partial charge < -0.3 is 9.84 Å². The summed E-state index contributed by atoms with van der Waals surface area (Å²) in [5.41, 5.74) is 1.57. The van der Waals surface area contributed by atoms with Crippen LogP contribution in [0.2, 0.25) is 0 Å². The van der Waals surface area contributed by atoms with Crippen LogP contribution in [0, 0.1) is 0 Å². The normalized spacial score (nSPS) is 12.1. The van der Waals surface area contributed by atoms with Crippen LogP contribution in [0.3, 0.4) is 0 Å². The average molecular weight is 516 g/mol. The number of thioether (sulfide) groups is 1. The van der Waals surface area contributed by atoms with Crippen LogP contribution in [0.25, 0.3) is 11.7 Å². The first-order valence-corrected chi connectivity index (χ1v) is 13.0. The minimum atomic E-state index is -1.18. The third-order valence-corrected chi connectivity index (χ3v) is 6.71. The Morgan fingerprint density at radius 3 is 2.63 bits per heavy atom. The maximum absolute atomic E-state index is 13.1. The zero-order valence-corrected chi connectivity index (χ0v) is 22.0. The lowest BCUT2D eigenvalue weighted by Crippen LogP contribution is -2.25. The number of carbonyl (C=O) groups excluding carboxylic acids is 1. The molecule has 0 aliphatic carbocycles. The molecule has 0 saturated heterocycles. The molecule has 0 aliphatic heterocycles. The number of aryl methyl sites for hydroxylation is 2. The number of aromatic nitrogens is 3. The number of esters is 1. The van der Waals surface area contributed by atoms with Gasteiger partial charge in [-0.05, 0) is 56.9 Å². The molecule has 0 amide bonds. The van der Waals surface area contributed by atoms with Gasteiger partial charge in [0.15, 0.2) is 0 Å². The number of carbonyl (C=O) groups is 2. The van der Waals surface area contributed by atoms with Gasteiger partial charge in [0.25, 0.3) is 5.56 Å². The van der Waals surface area contributed by atoms with E-state index in [1.807, 2.05) is 12.1 Å². The molecule has 0 aromatic carbocycles. The highest BCUT2D eigenvalue weighted by atomic mass is 32.2. The molecule has 0 spiro atoms. The molecule has 3 heterocycles. The molecular formula is C25H29N3O5S2. The van der Waals surface area contributed by atoms with Gasteiger partial charge in [-0.15, -0.1) is 11.3 Å². The monoisotopic (exact) mass is 515 g/mol. The second kappa shape index (κ2) is 11.2. The molecular weight excluding hydrogens is 486 g/mol. The van der Waals surface area contributed by atoms with Crippen LogP contribution in [-0.2, 0) is 27.2 Å². The molecule has 0 bridgehead atoms. The van der Waals surface area contributed by atoms with Crippen molar-refractivity contribution in [3.05, 3.63) is 62.0 Å². The van der Waals surface area contributed by atoms with E-state index in [9.17, 15) is 14.4 Å². The summed E-state index contributed by atoms with van der Waals surface area (Å²) >= 11 is 2.69. The van der Waals surface area contributed by atoms with Crippen molar-refractivity contribution in [3.8, 4) is 0 Å². The summed E-state index contributed by atoms with van der Waals surface area (Å²) in [5.74, 6) is -1.31. The fourth-order valence-corrected chi connectivity index (χ4v) is 4.93. The van der Waals surface area contributed by atoms with Crippen molar-refractivity contribution in [2.75, 3.05) is 5.75 Å². The second-order valence-electron chi connectivity index (χ2n) is 9.27. The van der Waals surface area contributed by atoms with Gasteiger partial charge >= 0.3 is 11.9 Å². The van der Waals surface area contributed by atoms with E-state index in [1.165, 1.54) is 10.5 Å². The summed E-state index contributed by atoms with van der Waals surface area (Å²) < 4.78 is 6.71. The molecule has 0 aliphatic rings. The van der Waals surface area contributed by atoms with Crippen LogP contribution in [-0.4, -0.2) is 42.8 Å². The second-order valence-corrected chi connectivity index (χ2v) is 11.2. The highest BCUT2D eigenvalue weighted by molar-refractivity contribution is 7.99. The Morgan fingerprint density at radius 1 is 1.26 bits per heavy atom. The van der Waals surface area contributed by atoms with E-state index in [2.05, 4.69) is 29.2 Å². The van der Waals surface area contributed by atoms with E-state index >= 15 is 0 Å². The molecule has 8 nitrogen and oxygen atoms in total. The van der Waals surface area contributed by atoms with Gasteiger partial charge in [0, 0.05) is 24.1 Å². The lowest BCUT2D eigenvalue weighted by atomic mass is 10.1. The number of carboxylic acid groups (broad SMARTS) is 1. The molecule has 35 heavy (non-hydrogen) atoms. The van der Waals surface area contributed by atoms with Crippen molar-refractivity contribution in [1.82, 2.24) is 14.4 Å². The third-order valence-electron chi connectivity index (χ3n) is 4.82. The minimum Gasteiger partial charge on any atom is -0.478 e. The molecule has 0 saturated carbocycles. The third kappa shape index (κ3) is 7.50. The number of carboxylic acids is 1. The van der Waals surface area contributed by atoms with Crippen molar-refractivity contribution in [3.63, 3.8) is 0 Å².